The Hall–Kier alpha value is -8.54. The summed E-state index contributed by atoms with van der Waals surface area (Å²) in [5.74, 6) is 0.667. The van der Waals surface area contributed by atoms with Crippen LogP contribution in [0.25, 0.3) is 122 Å². The monoisotopic (exact) mass is 804 g/mol. The molecule has 13 aromatic rings. The summed E-state index contributed by atoms with van der Waals surface area (Å²) in [4.78, 5) is 10.8. The zero-order chi connectivity index (χ0) is 41.4. The minimum absolute atomic E-state index is 0.667. The van der Waals surface area contributed by atoms with Crippen molar-refractivity contribution in [1.82, 2.24) is 19.1 Å². The molecule has 4 heterocycles. The molecule has 0 aliphatic rings. The lowest BCUT2D eigenvalue weighted by Crippen LogP contribution is -1.99. The molecule has 0 atom stereocenters. The predicted molar refractivity (Wildman–Crippen MR) is 260 cm³/mol. The fourth-order valence-corrected chi connectivity index (χ4v) is 9.65. The molecular formula is C58H36N4O. The first-order valence-corrected chi connectivity index (χ1v) is 21.3. The first-order valence-electron chi connectivity index (χ1n) is 21.3. The van der Waals surface area contributed by atoms with Crippen LogP contribution in [0.5, 0.6) is 0 Å². The maximum absolute atomic E-state index is 6.24. The van der Waals surface area contributed by atoms with Gasteiger partial charge in [0.25, 0.3) is 0 Å². The van der Waals surface area contributed by atoms with Crippen LogP contribution < -0.4 is 0 Å². The molecule has 0 bridgehead atoms. The van der Waals surface area contributed by atoms with Gasteiger partial charge < -0.3 is 13.6 Å². The second-order valence-electron chi connectivity index (χ2n) is 16.2. The minimum atomic E-state index is 0.667. The van der Waals surface area contributed by atoms with Crippen molar-refractivity contribution in [1.29, 1.82) is 0 Å². The number of nitrogens with zero attached hydrogens (tertiary/aromatic N) is 4. The standard InChI is InChI=1S/C58H36N4O/c1-4-16-37(17-5-1)50-36-51(38-18-6-2-7-19-38)60-58(59-50)49-35-55-47(43-23-11-13-25-52(43)61(55)40-20-8-3-9-21-40)34-45(49)39-28-30-54-46(32-39)42-22-10-14-26-53(42)62(54)41-29-31-57-48(33-41)44-24-12-15-27-56(44)63-57/h1-36H. The number of aromatic nitrogens is 4. The zero-order valence-electron chi connectivity index (χ0n) is 34.0. The topological polar surface area (TPSA) is 48.8 Å². The van der Waals surface area contributed by atoms with Crippen LogP contribution >= 0.6 is 0 Å². The van der Waals surface area contributed by atoms with Crippen molar-refractivity contribution < 1.29 is 4.42 Å². The highest BCUT2D eigenvalue weighted by molar-refractivity contribution is 6.15. The second kappa shape index (κ2) is 14.0. The molecule has 0 amide bonds. The number of furan rings is 1. The fraction of sp³-hybridized carbons (Fsp3) is 0. The van der Waals surface area contributed by atoms with Gasteiger partial charge in [0.1, 0.15) is 11.2 Å². The molecule has 0 aliphatic carbocycles. The normalized spacial score (nSPS) is 11.8. The summed E-state index contributed by atoms with van der Waals surface area (Å²) in [6.45, 7) is 0. The van der Waals surface area contributed by atoms with E-state index in [1.54, 1.807) is 0 Å². The average Bonchev–Trinajstić information content (AvgIpc) is 4.01. The third-order valence-corrected chi connectivity index (χ3v) is 12.5. The van der Waals surface area contributed by atoms with Crippen LogP contribution in [0.2, 0.25) is 0 Å². The molecule has 13 rings (SSSR count). The molecule has 0 unspecified atom stereocenters. The van der Waals surface area contributed by atoms with Crippen LogP contribution in [0.3, 0.4) is 0 Å². The number of fused-ring (bicyclic) bond motifs is 9. The molecule has 5 nitrogen and oxygen atoms in total. The van der Waals surface area contributed by atoms with Gasteiger partial charge in [0.15, 0.2) is 5.82 Å². The van der Waals surface area contributed by atoms with Gasteiger partial charge in [0, 0.05) is 60.4 Å². The van der Waals surface area contributed by atoms with E-state index in [1.165, 1.54) is 21.5 Å². The summed E-state index contributed by atoms with van der Waals surface area (Å²) in [5, 5.41) is 6.92. The van der Waals surface area contributed by atoms with Gasteiger partial charge >= 0.3 is 0 Å². The summed E-state index contributed by atoms with van der Waals surface area (Å²) in [6.07, 6.45) is 0. The molecule has 0 saturated carbocycles. The van der Waals surface area contributed by atoms with Crippen LogP contribution in [0.4, 0.5) is 0 Å². The predicted octanol–water partition coefficient (Wildman–Crippen LogP) is 15.2. The molecule has 0 aliphatic heterocycles. The highest BCUT2D eigenvalue weighted by Crippen LogP contribution is 2.43. The zero-order valence-corrected chi connectivity index (χ0v) is 34.0. The van der Waals surface area contributed by atoms with E-state index < -0.39 is 0 Å². The first-order chi connectivity index (χ1) is 31.2. The van der Waals surface area contributed by atoms with Crippen LogP contribution in [0.15, 0.2) is 223 Å². The van der Waals surface area contributed by atoms with Crippen molar-refractivity contribution in [2.24, 2.45) is 0 Å². The van der Waals surface area contributed by atoms with Crippen molar-refractivity contribution in [3.05, 3.63) is 218 Å². The van der Waals surface area contributed by atoms with Gasteiger partial charge in [-0.25, -0.2) is 9.97 Å². The number of rotatable bonds is 6. The van der Waals surface area contributed by atoms with Crippen LogP contribution in [0.1, 0.15) is 0 Å². The van der Waals surface area contributed by atoms with Gasteiger partial charge in [-0.15, -0.1) is 0 Å². The van der Waals surface area contributed by atoms with E-state index in [1.807, 2.05) is 24.3 Å². The Morgan fingerprint density at radius 2 is 0.841 bits per heavy atom. The molecule has 294 valence electrons. The lowest BCUT2D eigenvalue weighted by Gasteiger charge is -2.15. The Labute approximate surface area is 362 Å². The molecule has 63 heavy (non-hydrogen) atoms. The SMILES string of the molecule is c1ccc(-c2cc(-c3ccccc3)nc(-c3cc4c(cc3-c3ccc5c(c3)c3ccccc3n5-c3ccc5oc6ccccc6c5c3)c3ccccc3n4-c3ccccc3)n2)cc1. The lowest BCUT2D eigenvalue weighted by molar-refractivity contribution is 0.669. The molecule has 0 N–H and O–H groups in total. The number of hydrogen-bond acceptors (Lipinski definition) is 3. The molecule has 9 aromatic carbocycles. The maximum atomic E-state index is 6.24. The van der Waals surface area contributed by atoms with Crippen molar-refractivity contribution in [3.8, 4) is 56.4 Å². The van der Waals surface area contributed by atoms with E-state index in [4.69, 9.17) is 14.4 Å². The summed E-state index contributed by atoms with van der Waals surface area (Å²) in [6, 6.07) is 77.4. The summed E-state index contributed by atoms with van der Waals surface area (Å²) in [7, 11) is 0. The van der Waals surface area contributed by atoms with Crippen LogP contribution in [-0.2, 0) is 0 Å². The van der Waals surface area contributed by atoms with E-state index in [-0.39, 0.29) is 0 Å². The van der Waals surface area contributed by atoms with E-state index >= 15 is 0 Å². The van der Waals surface area contributed by atoms with Gasteiger partial charge in [0.05, 0.1) is 33.5 Å². The van der Waals surface area contributed by atoms with Crippen molar-refractivity contribution in [2.45, 2.75) is 0 Å². The minimum Gasteiger partial charge on any atom is -0.456 e. The number of hydrogen-bond donors (Lipinski definition) is 0. The quantitative estimate of drug-likeness (QED) is 0.168. The lowest BCUT2D eigenvalue weighted by atomic mass is 9.94. The van der Waals surface area contributed by atoms with E-state index in [9.17, 15) is 0 Å². The van der Waals surface area contributed by atoms with Crippen molar-refractivity contribution >= 4 is 65.6 Å². The maximum Gasteiger partial charge on any atom is 0.161 e. The molecule has 0 spiro atoms. The fourth-order valence-electron chi connectivity index (χ4n) is 9.65. The van der Waals surface area contributed by atoms with Gasteiger partial charge in [-0.1, -0.05) is 140 Å². The van der Waals surface area contributed by atoms with E-state index in [0.29, 0.717) is 5.82 Å². The highest BCUT2D eigenvalue weighted by atomic mass is 16.3. The molecule has 4 aromatic heterocycles. The summed E-state index contributed by atoms with van der Waals surface area (Å²) in [5.41, 5.74) is 15.4. The molecule has 0 radical (unpaired) electrons. The van der Waals surface area contributed by atoms with Crippen LogP contribution in [-0.4, -0.2) is 19.1 Å². The van der Waals surface area contributed by atoms with Gasteiger partial charge in [-0.2, -0.15) is 0 Å². The Bertz CT molecular complexity index is 3840. The van der Waals surface area contributed by atoms with Gasteiger partial charge in [-0.3, -0.25) is 0 Å². The third kappa shape index (κ3) is 5.64. The van der Waals surface area contributed by atoms with E-state index in [2.05, 4.69) is 203 Å². The van der Waals surface area contributed by atoms with Gasteiger partial charge in [0.2, 0.25) is 0 Å². The largest absolute Gasteiger partial charge is 0.456 e. The smallest absolute Gasteiger partial charge is 0.161 e. The van der Waals surface area contributed by atoms with Crippen molar-refractivity contribution in [2.75, 3.05) is 0 Å². The Kier molecular flexibility index (Phi) is 7.84. The average molecular weight is 805 g/mol. The second-order valence-corrected chi connectivity index (χ2v) is 16.2. The summed E-state index contributed by atoms with van der Waals surface area (Å²) >= 11 is 0. The molecule has 0 saturated heterocycles. The Morgan fingerprint density at radius 1 is 0.302 bits per heavy atom. The number of benzene rings is 9. The highest BCUT2D eigenvalue weighted by Gasteiger charge is 2.22. The molecular weight excluding hydrogens is 769 g/mol. The number of para-hydroxylation sites is 4. The molecule has 5 heteroatoms. The third-order valence-electron chi connectivity index (χ3n) is 12.5. The summed E-state index contributed by atoms with van der Waals surface area (Å²) < 4.78 is 11.0. The first kappa shape index (κ1) is 35.2. The Morgan fingerprint density at radius 3 is 1.52 bits per heavy atom. The van der Waals surface area contributed by atoms with Gasteiger partial charge in [-0.05, 0) is 90.0 Å². The van der Waals surface area contributed by atoms with Crippen molar-refractivity contribution in [3.63, 3.8) is 0 Å². The van der Waals surface area contributed by atoms with Crippen LogP contribution in [0, 0.1) is 0 Å². The Balaban J connectivity index is 1.10. The van der Waals surface area contributed by atoms with E-state index in [0.717, 1.165) is 94.6 Å². The molecule has 0 fully saturated rings.